The van der Waals surface area contributed by atoms with Crippen LogP contribution < -0.4 is 16.2 Å². The third-order valence-corrected chi connectivity index (χ3v) is 3.28. The van der Waals surface area contributed by atoms with Crippen LogP contribution in [0.25, 0.3) is 0 Å². The Bertz CT molecular complexity index is 558. The van der Waals surface area contributed by atoms with Gasteiger partial charge in [0, 0.05) is 4.47 Å². The van der Waals surface area contributed by atoms with Crippen LogP contribution in [0.2, 0.25) is 0 Å². The second-order valence-electron chi connectivity index (χ2n) is 3.85. The Morgan fingerprint density at radius 3 is 2.72 bits per heavy atom. The molecule has 1 aromatic rings. The highest BCUT2D eigenvalue weighted by molar-refractivity contribution is 9.10. The van der Waals surface area contributed by atoms with Crippen LogP contribution in [-0.4, -0.2) is 23.6 Å². The molecule has 1 unspecified atom stereocenters. The first kappa shape index (κ1) is 12.7. The number of rotatable bonds is 2. The largest absolute Gasteiger partial charge is 0.300 e. The molecule has 6 nitrogen and oxygen atoms in total. The molecule has 0 spiro atoms. The Hall–Kier alpha value is -1.73. The molecule has 1 aromatic carbocycles. The van der Waals surface area contributed by atoms with Crippen molar-refractivity contribution in [2.24, 2.45) is 5.84 Å². The Balaban J connectivity index is 2.51. The van der Waals surface area contributed by atoms with Gasteiger partial charge in [0.05, 0.1) is 11.3 Å². The molecular formula is C11H10BrN3O3. The van der Waals surface area contributed by atoms with E-state index in [0.29, 0.717) is 15.7 Å². The number of halogens is 1. The van der Waals surface area contributed by atoms with E-state index in [1.165, 1.54) is 6.92 Å². The Labute approximate surface area is 111 Å². The lowest BCUT2D eigenvalue weighted by molar-refractivity contribution is -0.124. The zero-order valence-electron chi connectivity index (χ0n) is 9.44. The van der Waals surface area contributed by atoms with Crippen LogP contribution in [-0.2, 0) is 9.59 Å². The van der Waals surface area contributed by atoms with Crippen molar-refractivity contribution in [3.8, 4) is 0 Å². The number of hydrogen-bond donors (Lipinski definition) is 2. The van der Waals surface area contributed by atoms with Crippen molar-refractivity contribution >= 4 is 39.2 Å². The number of nitrogens with zero attached hydrogens (tertiary/aromatic N) is 1. The number of anilines is 1. The number of nitrogens with one attached hydrogen (secondary N) is 1. The number of carbonyl (C=O) groups is 3. The number of amides is 2. The molecule has 18 heavy (non-hydrogen) atoms. The van der Waals surface area contributed by atoms with Gasteiger partial charge in [0.1, 0.15) is 6.04 Å². The molecule has 0 radical (unpaired) electrons. The lowest BCUT2D eigenvalue weighted by Gasteiger charge is -2.22. The summed E-state index contributed by atoms with van der Waals surface area (Å²) >= 11 is 3.26. The van der Waals surface area contributed by atoms with Crippen molar-refractivity contribution in [1.82, 2.24) is 5.43 Å². The number of carbonyl (C=O) groups excluding carboxylic acids is 3. The number of hydrazine groups is 1. The molecule has 0 fully saturated rings. The molecular weight excluding hydrogens is 302 g/mol. The molecule has 0 saturated carbocycles. The molecule has 0 saturated heterocycles. The van der Waals surface area contributed by atoms with E-state index in [4.69, 9.17) is 5.84 Å². The van der Waals surface area contributed by atoms with Gasteiger partial charge in [0.25, 0.3) is 17.6 Å². The SMILES string of the molecule is CC(C(=O)NN)N1C(=O)C(=O)c2ccc(Br)cc21. The highest BCUT2D eigenvalue weighted by atomic mass is 79.9. The minimum absolute atomic E-state index is 0.292. The normalized spacial score (nSPS) is 15.6. The molecule has 0 bridgehead atoms. The smallest absolute Gasteiger partial charge is 0.292 e. The van der Waals surface area contributed by atoms with Gasteiger partial charge in [0.15, 0.2) is 0 Å². The first-order chi connectivity index (χ1) is 8.47. The van der Waals surface area contributed by atoms with Crippen LogP contribution in [0.15, 0.2) is 22.7 Å². The van der Waals surface area contributed by atoms with Crippen molar-refractivity contribution in [2.75, 3.05) is 4.90 Å². The first-order valence-corrected chi connectivity index (χ1v) is 5.94. The Kier molecular flexibility index (Phi) is 3.18. The summed E-state index contributed by atoms with van der Waals surface area (Å²) in [5.74, 6) is 3.16. The van der Waals surface area contributed by atoms with Crippen LogP contribution in [0.5, 0.6) is 0 Å². The van der Waals surface area contributed by atoms with Crippen LogP contribution in [0, 0.1) is 0 Å². The minimum Gasteiger partial charge on any atom is -0.292 e. The number of benzene rings is 1. The highest BCUT2D eigenvalue weighted by Crippen LogP contribution is 2.33. The lowest BCUT2D eigenvalue weighted by atomic mass is 10.1. The van der Waals surface area contributed by atoms with Crippen molar-refractivity contribution in [3.05, 3.63) is 28.2 Å². The predicted octanol–water partition coefficient (Wildman–Crippen LogP) is 0.357. The summed E-state index contributed by atoms with van der Waals surface area (Å²) in [6.45, 7) is 1.50. The molecule has 0 aromatic heterocycles. The van der Waals surface area contributed by atoms with E-state index < -0.39 is 23.6 Å². The summed E-state index contributed by atoms with van der Waals surface area (Å²) < 4.78 is 0.717. The van der Waals surface area contributed by atoms with Crippen molar-refractivity contribution in [1.29, 1.82) is 0 Å². The molecule has 2 amide bonds. The van der Waals surface area contributed by atoms with Gasteiger partial charge in [0.2, 0.25) is 0 Å². The van der Waals surface area contributed by atoms with Crippen LogP contribution in [0.4, 0.5) is 5.69 Å². The van der Waals surface area contributed by atoms with E-state index >= 15 is 0 Å². The molecule has 2 rings (SSSR count). The van der Waals surface area contributed by atoms with E-state index in [0.717, 1.165) is 4.90 Å². The molecule has 94 valence electrons. The number of Topliss-reactive ketones (excluding diaryl/α,β-unsaturated/α-hetero) is 1. The topological polar surface area (TPSA) is 92.5 Å². The average Bonchev–Trinajstić information content (AvgIpc) is 2.60. The van der Waals surface area contributed by atoms with Crippen molar-refractivity contribution in [3.63, 3.8) is 0 Å². The summed E-state index contributed by atoms with van der Waals surface area (Å²) in [4.78, 5) is 36.3. The predicted molar refractivity (Wildman–Crippen MR) is 67.8 cm³/mol. The van der Waals surface area contributed by atoms with Crippen molar-refractivity contribution in [2.45, 2.75) is 13.0 Å². The van der Waals surface area contributed by atoms with Crippen LogP contribution in [0.1, 0.15) is 17.3 Å². The number of nitrogens with two attached hydrogens (primary N) is 1. The highest BCUT2D eigenvalue weighted by Gasteiger charge is 2.40. The molecule has 0 aliphatic carbocycles. The Morgan fingerprint density at radius 1 is 1.44 bits per heavy atom. The molecule has 1 aliphatic rings. The quantitative estimate of drug-likeness (QED) is 0.357. The number of ketones is 1. The monoisotopic (exact) mass is 311 g/mol. The average molecular weight is 312 g/mol. The standard InChI is InChI=1S/C11H10BrN3O3/c1-5(10(17)14-13)15-8-4-6(12)2-3-7(8)9(16)11(15)18/h2-5H,13H2,1H3,(H,14,17). The maximum absolute atomic E-state index is 11.9. The van der Waals surface area contributed by atoms with Gasteiger partial charge in [-0.3, -0.25) is 24.7 Å². The van der Waals surface area contributed by atoms with Gasteiger partial charge in [-0.05, 0) is 25.1 Å². The summed E-state index contributed by atoms with van der Waals surface area (Å²) in [5.41, 5.74) is 2.67. The van der Waals surface area contributed by atoms with Gasteiger partial charge in [-0.25, -0.2) is 5.84 Å². The van der Waals surface area contributed by atoms with E-state index in [1.807, 2.05) is 5.43 Å². The van der Waals surface area contributed by atoms with Crippen LogP contribution in [0.3, 0.4) is 0 Å². The van der Waals surface area contributed by atoms with Gasteiger partial charge < -0.3 is 0 Å². The minimum atomic E-state index is -0.845. The summed E-state index contributed by atoms with van der Waals surface area (Å²) in [6.07, 6.45) is 0. The number of fused-ring (bicyclic) bond motifs is 1. The molecule has 7 heteroatoms. The van der Waals surface area contributed by atoms with Gasteiger partial charge in [-0.15, -0.1) is 0 Å². The molecule has 3 N–H and O–H groups in total. The van der Waals surface area contributed by atoms with E-state index in [1.54, 1.807) is 18.2 Å². The molecule has 1 atom stereocenters. The maximum Gasteiger partial charge on any atom is 0.300 e. The first-order valence-electron chi connectivity index (χ1n) is 5.15. The fourth-order valence-electron chi connectivity index (χ4n) is 1.85. The third kappa shape index (κ3) is 1.81. The molecule has 1 aliphatic heterocycles. The summed E-state index contributed by atoms with van der Waals surface area (Å²) in [7, 11) is 0. The summed E-state index contributed by atoms with van der Waals surface area (Å²) in [6, 6.07) is 3.99. The maximum atomic E-state index is 11.9. The second kappa shape index (κ2) is 4.51. The van der Waals surface area contributed by atoms with Gasteiger partial charge in [-0.2, -0.15) is 0 Å². The Morgan fingerprint density at radius 2 is 2.11 bits per heavy atom. The van der Waals surface area contributed by atoms with E-state index in [9.17, 15) is 14.4 Å². The number of hydrogen-bond acceptors (Lipinski definition) is 4. The zero-order chi connectivity index (χ0) is 13.4. The lowest BCUT2D eigenvalue weighted by Crippen LogP contribution is -2.49. The van der Waals surface area contributed by atoms with E-state index in [2.05, 4.69) is 15.9 Å². The van der Waals surface area contributed by atoms with E-state index in [-0.39, 0.29) is 0 Å². The summed E-state index contributed by atoms with van der Waals surface area (Å²) in [5, 5.41) is 0. The zero-order valence-corrected chi connectivity index (χ0v) is 11.0. The van der Waals surface area contributed by atoms with Gasteiger partial charge >= 0.3 is 0 Å². The molecule has 1 heterocycles. The third-order valence-electron chi connectivity index (χ3n) is 2.79. The van der Waals surface area contributed by atoms with Crippen LogP contribution >= 0.6 is 15.9 Å². The van der Waals surface area contributed by atoms with Crippen molar-refractivity contribution < 1.29 is 14.4 Å². The second-order valence-corrected chi connectivity index (χ2v) is 4.77. The fraction of sp³-hybridized carbons (Fsp3) is 0.182. The fourth-order valence-corrected chi connectivity index (χ4v) is 2.20. The van der Waals surface area contributed by atoms with Gasteiger partial charge in [-0.1, -0.05) is 15.9 Å².